The molecule has 0 spiro atoms. The quantitative estimate of drug-likeness (QED) is 0.604. The summed E-state index contributed by atoms with van der Waals surface area (Å²) >= 11 is 0. The Bertz CT molecular complexity index is 764. The molecule has 0 unspecified atom stereocenters. The van der Waals surface area contributed by atoms with Crippen molar-refractivity contribution in [3.05, 3.63) is 64.5 Å². The van der Waals surface area contributed by atoms with E-state index in [1.807, 2.05) is 19.1 Å². The second-order valence-corrected chi connectivity index (χ2v) is 7.24. The molecule has 1 fully saturated rings. The molecule has 2 aromatic carbocycles. The van der Waals surface area contributed by atoms with Crippen LogP contribution in [0.15, 0.2) is 30.3 Å². The Kier molecular flexibility index (Phi) is 5.90. The molecule has 4 heteroatoms. The van der Waals surface area contributed by atoms with Gasteiger partial charge in [0.1, 0.15) is 5.82 Å². The number of ether oxygens (including phenoxy) is 1. The average molecular weight is 362 g/mol. The van der Waals surface area contributed by atoms with E-state index in [4.69, 9.17) is 4.74 Å². The largest absolute Gasteiger partial charge is 0.490 e. The van der Waals surface area contributed by atoms with Gasteiger partial charge >= 0.3 is 0 Å². The lowest BCUT2D eigenvalue weighted by Gasteiger charge is -2.29. The Hall–Kier alpha value is -1.97. The van der Waals surface area contributed by atoms with E-state index < -0.39 is 11.6 Å². The molecule has 1 saturated carbocycles. The summed E-state index contributed by atoms with van der Waals surface area (Å²) in [5.74, 6) is -1.22. The monoisotopic (exact) mass is 362 g/mol. The van der Waals surface area contributed by atoms with Gasteiger partial charge in [-0.15, -0.1) is 0 Å². The maximum absolute atomic E-state index is 14.0. The minimum atomic E-state index is -0.912. The zero-order chi connectivity index (χ0) is 18.7. The SMILES string of the molecule is CCc1ccc(C2CCC(COc3ccc(C)c(F)c3F)CC2)cc1F. The van der Waals surface area contributed by atoms with Crippen molar-refractivity contribution < 1.29 is 17.9 Å². The first kappa shape index (κ1) is 18.8. The smallest absolute Gasteiger partial charge is 0.200 e. The lowest BCUT2D eigenvalue weighted by molar-refractivity contribution is 0.192. The molecule has 0 N–H and O–H groups in total. The number of hydrogen-bond acceptors (Lipinski definition) is 1. The number of halogens is 3. The van der Waals surface area contributed by atoms with Crippen LogP contribution in [0.2, 0.25) is 0 Å². The molecular weight excluding hydrogens is 337 g/mol. The number of hydrogen-bond donors (Lipinski definition) is 0. The van der Waals surface area contributed by atoms with Crippen LogP contribution in [0.1, 0.15) is 55.2 Å². The van der Waals surface area contributed by atoms with Crippen LogP contribution in [0.25, 0.3) is 0 Å². The zero-order valence-corrected chi connectivity index (χ0v) is 15.3. The number of benzene rings is 2. The van der Waals surface area contributed by atoms with Crippen LogP contribution >= 0.6 is 0 Å². The summed E-state index contributed by atoms with van der Waals surface area (Å²) in [5.41, 5.74) is 2.09. The summed E-state index contributed by atoms with van der Waals surface area (Å²) in [6, 6.07) is 8.60. The summed E-state index contributed by atoms with van der Waals surface area (Å²) in [6.45, 7) is 3.86. The van der Waals surface area contributed by atoms with Gasteiger partial charge in [0.25, 0.3) is 0 Å². The van der Waals surface area contributed by atoms with Crippen molar-refractivity contribution in [1.29, 1.82) is 0 Å². The highest BCUT2D eigenvalue weighted by molar-refractivity contribution is 5.30. The van der Waals surface area contributed by atoms with Gasteiger partial charge in [-0.3, -0.25) is 0 Å². The Morgan fingerprint density at radius 1 is 0.962 bits per heavy atom. The van der Waals surface area contributed by atoms with E-state index in [1.165, 1.54) is 19.1 Å². The molecule has 1 aliphatic rings. The fourth-order valence-corrected chi connectivity index (χ4v) is 3.71. The van der Waals surface area contributed by atoms with Gasteiger partial charge in [-0.2, -0.15) is 4.39 Å². The molecule has 140 valence electrons. The molecule has 0 bridgehead atoms. The second kappa shape index (κ2) is 8.15. The van der Waals surface area contributed by atoms with Gasteiger partial charge in [0.15, 0.2) is 11.6 Å². The first-order valence-electron chi connectivity index (χ1n) is 9.35. The fourth-order valence-electron chi connectivity index (χ4n) is 3.71. The molecule has 0 radical (unpaired) electrons. The van der Waals surface area contributed by atoms with Gasteiger partial charge in [0.05, 0.1) is 6.61 Å². The van der Waals surface area contributed by atoms with Crippen LogP contribution in [0, 0.1) is 30.3 Å². The van der Waals surface area contributed by atoms with Crippen LogP contribution in [-0.4, -0.2) is 6.61 Å². The predicted octanol–water partition coefficient (Wildman–Crippen LogP) is 6.33. The van der Waals surface area contributed by atoms with Gasteiger partial charge < -0.3 is 4.74 Å². The molecular formula is C22H25F3O. The number of aryl methyl sites for hydroxylation is 2. The Labute approximate surface area is 153 Å². The highest BCUT2D eigenvalue weighted by Crippen LogP contribution is 2.36. The molecule has 0 aliphatic heterocycles. The summed E-state index contributed by atoms with van der Waals surface area (Å²) in [6.07, 6.45) is 4.51. The average Bonchev–Trinajstić information content (AvgIpc) is 2.66. The van der Waals surface area contributed by atoms with E-state index in [2.05, 4.69) is 0 Å². The van der Waals surface area contributed by atoms with E-state index in [1.54, 1.807) is 6.07 Å². The highest BCUT2D eigenvalue weighted by Gasteiger charge is 2.24. The van der Waals surface area contributed by atoms with Crippen molar-refractivity contribution in [3.63, 3.8) is 0 Å². The van der Waals surface area contributed by atoms with Crippen molar-refractivity contribution in [3.8, 4) is 5.75 Å². The third-order valence-corrected chi connectivity index (χ3v) is 5.49. The first-order chi connectivity index (χ1) is 12.5. The Morgan fingerprint density at radius 3 is 2.35 bits per heavy atom. The van der Waals surface area contributed by atoms with Crippen LogP contribution in [0.5, 0.6) is 5.75 Å². The first-order valence-corrected chi connectivity index (χ1v) is 9.35. The van der Waals surface area contributed by atoms with Crippen molar-refractivity contribution in [2.45, 2.75) is 51.9 Å². The molecule has 3 rings (SSSR count). The molecule has 1 aliphatic carbocycles. The topological polar surface area (TPSA) is 9.23 Å². The normalized spacial score (nSPS) is 20.2. The maximum atomic E-state index is 14.0. The molecule has 0 aromatic heterocycles. The van der Waals surface area contributed by atoms with Crippen molar-refractivity contribution >= 4 is 0 Å². The summed E-state index contributed by atoms with van der Waals surface area (Å²) < 4.78 is 47.0. The molecule has 0 saturated heterocycles. The number of rotatable bonds is 5. The van der Waals surface area contributed by atoms with E-state index in [0.29, 0.717) is 24.9 Å². The van der Waals surface area contributed by atoms with Crippen LogP contribution in [-0.2, 0) is 6.42 Å². The van der Waals surface area contributed by atoms with Gasteiger partial charge in [-0.1, -0.05) is 25.1 Å². The minimum Gasteiger partial charge on any atom is -0.490 e. The standard InChI is InChI=1S/C22H25F3O/c1-3-16-9-10-18(12-19(16)23)17-7-5-15(6-8-17)13-26-20-11-4-14(2)21(24)22(20)25/h4,9-12,15,17H,3,5-8,13H2,1-2H3. The fraction of sp³-hybridized carbons (Fsp3) is 0.455. The van der Waals surface area contributed by atoms with E-state index in [0.717, 1.165) is 36.8 Å². The van der Waals surface area contributed by atoms with E-state index in [9.17, 15) is 13.2 Å². The summed E-state index contributed by atoms with van der Waals surface area (Å²) in [5, 5.41) is 0. The molecule has 0 atom stereocenters. The van der Waals surface area contributed by atoms with E-state index >= 15 is 0 Å². The zero-order valence-electron chi connectivity index (χ0n) is 15.3. The van der Waals surface area contributed by atoms with Gasteiger partial charge in [-0.25, -0.2) is 8.78 Å². The van der Waals surface area contributed by atoms with Crippen LogP contribution in [0.4, 0.5) is 13.2 Å². The maximum Gasteiger partial charge on any atom is 0.200 e. The Balaban J connectivity index is 1.54. The Morgan fingerprint density at radius 2 is 1.69 bits per heavy atom. The van der Waals surface area contributed by atoms with Gasteiger partial charge in [-0.05, 0) is 79.7 Å². The van der Waals surface area contributed by atoms with Crippen LogP contribution in [0.3, 0.4) is 0 Å². The minimum absolute atomic E-state index is 0.0209. The molecule has 0 amide bonds. The van der Waals surface area contributed by atoms with E-state index in [-0.39, 0.29) is 17.1 Å². The summed E-state index contributed by atoms with van der Waals surface area (Å²) in [7, 11) is 0. The lowest BCUT2D eigenvalue weighted by atomic mass is 9.79. The van der Waals surface area contributed by atoms with Gasteiger partial charge in [0.2, 0.25) is 5.82 Å². The molecule has 2 aromatic rings. The van der Waals surface area contributed by atoms with Gasteiger partial charge in [0, 0.05) is 0 Å². The summed E-state index contributed by atoms with van der Waals surface area (Å²) in [4.78, 5) is 0. The molecule has 1 nitrogen and oxygen atoms in total. The van der Waals surface area contributed by atoms with Crippen molar-refractivity contribution in [2.75, 3.05) is 6.61 Å². The second-order valence-electron chi connectivity index (χ2n) is 7.24. The van der Waals surface area contributed by atoms with Crippen molar-refractivity contribution in [2.24, 2.45) is 5.92 Å². The predicted molar refractivity (Wildman–Crippen MR) is 97.1 cm³/mol. The third kappa shape index (κ3) is 4.05. The highest BCUT2D eigenvalue weighted by atomic mass is 19.2. The third-order valence-electron chi connectivity index (χ3n) is 5.49. The molecule has 26 heavy (non-hydrogen) atoms. The molecule has 0 heterocycles. The van der Waals surface area contributed by atoms with Crippen molar-refractivity contribution in [1.82, 2.24) is 0 Å². The lowest BCUT2D eigenvalue weighted by Crippen LogP contribution is -2.20. The van der Waals surface area contributed by atoms with Crippen LogP contribution < -0.4 is 4.74 Å².